The number of carbonyl (C=O) groups excluding carboxylic acids is 7. The summed E-state index contributed by atoms with van der Waals surface area (Å²) in [6.07, 6.45) is 2.66. The van der Waals surface area contributed by atoms with Crippen molar-refractivity contribution >= 4 is 97.4 Å². The number of nitrogens with zero attached hydrogens (tertiary/aromatic N) is 2. The third-order valence-corrected chi connectivity index (χ3v) is 11.9. The number of rotatable bonds is 4. The summed E-state index contributed by atoms with van der Waals surface area (Å²) in [5.41, 5.74) is 2.47. The summed E-state index contributed by atoms with van der Waals surface area (Å²) < 4.78 is 0. The van der Waals surface area contributed by atoms with Crippen LogP contribution < -0.4 is 21.3 Å². The second-order valence-corrected chi connectivity index (χ2v) is 16.2. The molecule has 6 rings (SSSR count). The number of benzene rings is 2. The number of para-hydroxylation sites is 1. The second-order valence-electron chi connectivity index (χ2n) is 14.6. The first-order valence-electron chi connectivity index (χ1n) is 18.7. The Balaban J connectivity index is 1.34. The van der Waals surface area contributed by atoms with E-state index < -0.39 is 59.4 Å². The number of nitrogens with one attached hydrogen (secondary N) is 6. The topological polar surface area (TPSA) is 215 Å². The lowest BCUT2D eigenvalue weighted by Gasteiger charge is -2.23. The number of thiazole rings is 1. The fraction of sp³-hybridized carbons (Fsp3) is 0.317. The van der Waals surface area contributed by atoms with Crippen molar-refractivity contribution in [1.82, 2.24) is 41.1 Å². The molecule has 5 aromatic rings. The lowest BCUT2D eigenvalue weighted by molar-refractivity contribution is -0.133. The minimum atomic E-state index is -1.21. The normalized spacial score (nSPS) is 21.3. The molecule has 4 heterocycles. The van der Waals surface area contributed by atoms with Crippen LogP contribution in [-0.2, 0) is 41.6 Å². The minimum absolute atomic E-state index is 0.0110. The first kappa shape index (κ1) is 42.8. The van der Waals surface area contributed by atoms with E-state index in [1.807, 2.05) is 24.3 Å². The van der Waals surface area contributed by atoms with Gasteiger partial charge in [0.1, 0.15) is 17.8 Å². The monoisotopic (exact) mass is 860 g/mol. The fourth-order valence-electron chi connectivity index (χ4n) is 6.86. The Kier molecular flexibility index (Phi) is 13.3. The summed E-state index contributed by atoms with van der Waals surface area (Å²) in [6, 6.07) is 7.28. The SMILES string of the molecule is C=C1NC(=O)[C@@H](C)NC(=O)CCC(=O)[C@H](Cc2c[nH]c3ccc(Cl)c(Cl)c23)NC(=O)[C@H](Cc2c[nH]c3ccccc23)NC(=O)c2csc(n2)[C@@H](C)CC(=O)CN(C)C1=O. The van der Waals surface area contributed by atoms with Crippen LogP contribution in [-0.4, -0.2) is 92.7 Å². The molecule has 308 valence electrons. The standard InChI is InChI=1S/C41H42Cl2N8O7S/c1-20-13-25(52)18-51(4)41(58)22(3)47-37(55)21(2)46-34(54)12-11-33(53)30(15-24-17-45-29-10-9-27(42)36(43)35(24)29)48-38(56)31(49-39(57)32-19-59-40(20)50-32)14-23-16-44-28-8-6-5-7-26(23)28/h5-10,16-17,19-21,30-31,44-45H,3,11-15,18H2,1-2,4H3,(H,46,54)(H,47,55)(H,48,56)(H,49,57)/t20-,21+,30-,31-/m0/s1. The molecule has 3 aromatic heterocycles. The van der Waals surface area contributed by atoms with Crippen molar-refractivity contribution in [2.45, 2.75) is 70.0 Å². The number of H-pyrrole nitrogens is 2. The van der Waals surface area contributed by atoms with E-state index in [4.69, 9.17) is 23.2 Å². The van der Waals surface area contributed by atoms with Crippen LogP contribution >= 0.6 is 34.5 Å². The van der Waals surface area contributed by atoms with Gasteiger partial charge in [0.05, 0.1) is 33.3 Å². The Labute approximate surface area is 352 Å². The van der Waals surface area contributed by atoms with Crippen molar-refractivity contribution < 1.29 is 33.6 Å². The molecule has 5 amide bonds. The molecular weight excluding hydrogens is 819 g/mol. The average Bonchev–Trinajstić information content (AvgIpc) is 3.96. The third kappa shape index (κ3) is 10.1. The number of likely N-dealkylation sites (N-methyl/N-ethyl adjacent to an activating group) is 1. The summed E-state index contributed by atoms with van der Waals surface area (Å²) in [5.74, 6) is -4.68. The number of carbonyl (C=O) groups is 7. The molecule has 0 saturated heterocycles. The number of amides is 5. The summed E-state index contributed by atoms with van der Waals surface area (Å²) in [5, 5.41) is 14.5. The number of aromatic nitrogens is 3. The van der Waals surface area contributed by atoms with Gasteiger partial charge in [-0.3, -0.25) is 33.6 Å². The Hall–Kier alpha value is -5.84. The molecule has 0 saturated carbocycles. The first-order valence-corrected chi connectivity index (χ1v) is 20.4. The molecule has 4 atom stereocenters. The molecule has 18 heteroatoms. The molecule has 0 aliphatic carbocycles. The summed E-state index contributed by atoms with van der Waals surface area (Å²) >= 11 is 14.1. The molecule has 0 radical (unpaired) electrons. The predicted molar refractivity (Wildman–Crippen MR) is 224 cm³/mol. The molecule has 2 bridgehead atoms. The van der Waals surface area contributed by atoms with Gasteiger partial charge < -0.3 is 36.1 Å². The zero-order valence-electron chi connectivity index (χ0n) is 32.4. The molecule has 59 heavy (non-hydrogen) atoms. The minimum Gasteiger partial charge on any atom is -0.361 e. The molecule has 0 fully saturated rings. The maximum absolute atomic E-state index is 14.4. The number of halogens is 2. The van der Waals surface area contributed by atoms with Crippen LogP contribution in [0, 0.1) is 0 Å². The quantitative estimate of drug-likeness (QED) is 0.141. The Morgan fingerprint density at radius 2 is 1.56 bits per heavy atom. The average molecular weight is 862 g/mol. The van der Waals surface area contributed by atoms with Crippen LogP contribution in [0.1, 0.15) is 65.7 Å². The largest absolute Gasteiger partial charge is 0.361 e. The first-order chi connectivity index (χ1) is 28.1. The van der Waals surface area contributed by atoms with Crippen molar-refractivity contribution in [3.05, 3.63) is 98.3 Å². The van der Waals surface area contributed by atoms with Gasteiger partial charge in [-0.05, 0) is 36.2 Å². The number of Topliss-reactive ketones (excluding diaryl/α,β-unsaturated/α-hetero) is 2. The summed E-state index contributed by atoms with van der Waals surface area (Å²) in [6.45, 7) is 6.50. The summed E-state index contributed by atoms with van der Waals surface area (Å²) in [4.78, 5) is 106. The van der Waals surface area contributed by atoms with E-state index in [1.165, 1.54) is 30.7 Å². The highest BCUT2D eigenvalue weighted by Crippen LogP contribution is 2.34. The smallest absolute Gasteiger partial charge is 0.271 e. The van der Waals surface area contributed by atoms with Crippen molar-refractivity contribution in [3.8, 4) is 0 Å². The third-order valence-electron chi connectivity index (χ3n) is 10.0. The van der Waals surface area contributed by atoms with Crippen molar-refractivity contribution in [2.75, 3.05) is 13.6 Å². The Morgan fingerprint density at radius 3 is 2.34 bits per heavy atom. The maximum Gasteiger partial charge on any atom is 0.271 e. The summed E-state index contributed by atoms with van der Waals surface area (Å²) in [7, 11) is 1.39. The number of aromatic amines is 2. The van der Waals surface area contributed by atoms with Gasteiger partial charge in [-0.1, -0.05) is 54.9 Å². The van der Waals surface area contributed by atoms with Gasteiger partial charge in [-0.2, -0.15) is 0 Å². The molecule has 0 spiro atoms. The van der Waals surface area contributed by atoms with Gasteiger partial charge in [0.15, 0.2) is 11.6 Å². The number of hydrogen-bond donors (Lipinski definition) is 6. The van der Waals surface area contributed by atoms with Gasteiger partial charge in [0.25, 0.3) is 11.8 Å². The highest BCUT2D eigenvalue weighted by molar-refractivity contribution is 7.10. The van der Waals surface area contributed by atoms with E-state index in [1.54, 1.807) is 31.5 Å². The predicted octanol–water partition coefficient (Wildman–Crippen LogP) is 4.50. The highest BCUT2D eigenvalue weighted by atomic mass is 35.5. The van der Waals surface area contributed by atoms with Crippen LogP contribution in [0.4, 0.5) is 0 Å². The van der Waals surface area contributed by atoms with Gasteiger partial charge in [-0.25, -0.2) is 4.98 Å². The molecule has 1 aliphatic rings. The van der Waals surface area contributed by atoms with Gasteiger partial charge >= 0.3 is 0 Å². The second kappa shape index (κ2) is 18.4. The van der Waals surface area contributed by atoms with Crippen LogP contribution in [0.5, 0.6) is 0 Å². The Morgan fingerprint density at radius 1 is 0.847 bits per heavy atom. The molecule has 6 N–H and O–H groups in total. The maximum atomic E-state index is 14.4. The van der Waals surface area contributed by atoms with Crippen molar-refractivity contribution in [1.29, 1.82) is 0 Å². The number of fused-ring (bicyclic) bond motifs is 4. The lowest BCUT2D eigenvalue weighted by atomic mass is 9.97. The van der Waals surface area contributed by atoms with Gasteiger partial charge in [-0.15, -0.1) is 11.3 Å². The van der Waals surface area contributed by atoms with E-state index >= 15 is 0 Å². The van der Waals surface area contributed by atoms with E-state index in [2.05, 4.69) is 42.8 Å². The highest BCUT2D eigenvalue weighted by Gasteiger charge is 2.31. The molecule has 0 unspecified atom stereocenters. The Bertz CT molecular complexity index is 2490. The van der Waals surface area contributed by atoms with Gasteiger partial charge in [0, 0.05) is 84.6 Å². The van der Waals surface area contributed by atoms with Crippen LogP contribution in [0.3, 0.4) is 0 Å². The zero-order chi connectivity index (χ0) is 42.5. The zero-order valence-corrected chi connectivity index (χ0v) is 34.7. The number of hydrogen-bond acceptors (Lipinski definition) is 9. The molecular formula is C41H42Cl2N8O7S. The number of ketones is 2. The van der Waals surface area contributed by atoms with Crippen LogP contribution in [0.15, 0.2) is 66.4 Å². The van der Waals surface area contributed by atoms with E-state index in [0.29, 0.717) is 21.5 Å². The molecule has 1 aliphatic heterocycles. The van der Waals surface area contributed by atoms with Gasteiger partial charge in [0.2, 0.25) is 17.7 Å². The van der Waals surface area contributed by atoms with Crippen LogP contribution in [0.2, 0.25) is 10.0 Å². The van der Waals surface area contributed by atoms with Crippen molar-refractivity contribution in [3.63, 3.8) is 0 Å². The van der Waals surface area contributed by atoms with E-state index in [9.17, 15) is 33.6 Å². The van der Waals surface area contributed by atoms with Crippen LogP contribution in [0.25, 0.3) is 21.8 Å². The lowest BCUT2D eigenvalue weighted by Crippen LogP contribution is -2.53. The molecule has 15 nitrogen and oxygen atoms in total. The van der Waals surface area contributed by atoms with E-state index in [-0.39, 0.29) is 65.9 Å². The fourth-order valence-corrected chi connectivity index (χ4v) is 8.16. The molecule has 2 aromatic carbocycles. The van der Waals surface area contributed by atoms with E-state index in [0.717, 1.165) is 21.4 Å². The van der Waals surface area contributed by atoms with Crippen molar-refractivity contribution in [2.24, 2.45) is 0 Å².